The Morgan fingerprint density at radius 1 is 1.17 bits per heavy atom. The van der Waals surface area contributed by atoms with Crippen LogP contribution in [-0.2, 0) is 0 Å². The molecule has 0 aliphatic rings. The first-order valence-electron chi connectivity index (χ1n) is 1.57. The van der Waals surface area contributed by atoms with Gasteiger partial charge in [0.2, 0.25) is 0 Å². The van der Waals surface area contributed by atoms with Gasteiger partial charge in [-0.2, -0.15) is 0 Å². The Balaban J connectivity index is 2.99. The molecule has 0 fully saturated rings. The first-order chi connectivity index (χ1) is 2.64. The lowest BCUT2D eigenvalue weighted by Crippen LogP contribution is -2.06. The maximum Gasteiger partial charge on any atom is 0.120 e. The van der Waals surface area contributed by atoms with Crippen LogP contribution in [0.1, 0.15) is 0 Å². The summed E-state index contributed by atoms with van der Waals surface area (Å²) in [5.74, 6) is 0. The summed E-state index contributed by atoms with van der Waals surface area (Å²) in [7, 11) is 0.855. The molecule has 0 aliphatic heterocycles. The van der Waals surface area contributed by atoms with E-state index in [-0.39, 0.29) is 9.84 Å². The van der Waals surface area contributed by atoms with Crippen molar-refractivity contribution in [2.24, 2.45) is 0 Å². The Hall–Kier alpha value is 1.09. The average molecular weight is 164 g/mol. The SMILES string of the molecule is [SiH3]C(Cl)C(Cl)Cl. The maximum absolute atomic E-state index is 5.41. The minimum absolute atomic E-state index is 0.00617. The summed E-state index contributed by atoms with van der Waals surface area (Å²) >= 11 is 16.0. The highest BCUT2D eigenvalue weighted by Crippen LogP contribution is 2.09. The van der Waals surface area contributed by atoms with Gasteiger partial charge >= 0.3 is 0 Å². The van der Waals surface area contributed by atoms with Gasteiger partial charge in [0.05, 0.1) is 0 Å². The van der Waals surface area contributed by atoms with Crippen molar-refractivity contribution in [3.8, 4) is 0 Å². The lowest BCUT2D eigenvalue weighted by Gasteiger charge is -1.97. The van der Waals surface area contributed by atoms with E-state index in [1.54, 1.807) is 0 Å². The van der Waals surface area contributed by atoms with Crippen LogP contribution >= 0.6 is 34.8 Å². The number of alkyl halides is 3. The van der Waals surface area contributed by atoms with Crippen molar-refractivity contribution in [3.63, 3.8) is 0 Å². The van der Waals surface area contributed by atoms with E-state index in [2.05, 4.69) is 0 Å². The molecule has 0 N–H and O–H groups in total. The molecule has 0 aliphatic carbocycles. The van der Waals surface area contributed by atoms with Crippen LogP contribution in [0, 0.1) is 0 Å². The number of hydrogen-bond donors (Lipinski definition) is 0. The molecule has 0 saturated carbocycles. The number of rotatable bonds is 1. The molecular formula is C2H5Cl3Si. The molecule has 0 saturated heterocycles. The van der Waals surface area contributed by atoms with Gasteiger partial charge in [-0.3, -0.25) is 0 Å². The maximum atomic E-state index is 5.41. The van der Waals surface area contributed by atoms with Gasteiger partial charge in [0.25, 0.3) is 0 Å². The molecule has 0 aromatic carbocycles. The van der Waals surface area contributed by atoms with Gasteiger partial charge in [0, 0.05) is 15.2 Å². The average Bonchev–Trinajstić information content (AvgIpc) is 1.36. The van der Waals surface area contributed by atoms with Crippen LogP contribution in [0.15, 0.2) is 0 Å². The van der Waals surface area contributed by atoms with Gasteiger partial charge in [0.1, 0.15) is 4.84 Å². The van der Waals surface area contributed by atoms with Gasteiger partial charge < -0.3 is 0 Å². The zero-order chi connectivity index (χ0) is 5.15. The Bertz CT molecular complexity index is 29.8. The molecule has 0 aromatic rings. The molecule has 1 atom stereocenters. The zero-order valence-electron chi connectivity index (χ0n) is 3.29. The van der Waals surface area contributed by atoms with Gasteiger partial charge in [-0.15, -0.1) is 34.8 Å². The molecule has 0 heterocycles. The summed E-state index contributed by atoms with van der Waals surface area (Å²) in [4.78, 5) is -0.377. The summed E-state index contributed by atoms with van der Waals surface area (Å²) in [6.45, 7) is 0. The van der Waals surface area contributed by atoms with Crippen LogP contribution in [-0.4, -0.2) is 20.1 Å². The van der Waals surface area contributed by atoms with E-state index in [1.165, 1.54) is 0 Å². The number of hydrogen-bond acceptors (Lipinski definition) is 0. The topological polar surface area (TPSA) is 0 Å². The van der Waals surface area contributed by atoms with Gasteiger partial charge in [-0.05, 0) is 0 Å². The highest BCUT2D eigenvalue weighted by Gasteiger charge is 2.03. The predicted molar refractivity (Wildman–Crippen MR) is 35.1 cm³/mol. The molecule has 1 unspecified atom stereocenters. The molecule has 6 heavy (non-hydrogen) atoms. The van der Waals surface area contributed by atoms with Crippen LogP contribution in [0.2, 0.25) is 0 Å². The van der Waals surface area contributed by atoms with Crippen molar-refractivity contribution >= 4 is 45.0 Å². The van der Waals surface area contributed by atoms with E-state index in [0.29, 0.717) is 0 Å². The second-order valence-corrected chi connectivity index (χ2v) is 4.84. The van der Waals surface area contributed by atoms with Gasteiger partial charge in [-0.25, -0.2) is 0 Å². The summed E-state index contributed by atoms with van der Waals surface area (Å²) < 4.78 is 0. The van der Waals surface area contributed by atoms with Crippen molar-refractivity contribution in [3.05, 3.63) is 0 Å². The Morgan fingerprint density at radius 2 is 1.33 bits per heavy atom. The Morgan fingerprint density at radius 3 is 1.33 bits per heavy atom. The van der Waals surface area contributed by atoms with Crippen LogP contribution in [0.5, 0.6) is 0 Å². The molecule has 38 valence electrons. The van der Waals surface area contributed by atoms with Gasteiger partial charge in [0.15, 0.2) is 0 Å². The number of halogens is 3. The largest absolute Gasteiger partial charge is 0.125 e. The van der Waals surface area contributed by atoms with Crippen LogP contribution in [0.3, 0.4) is 0 Å². The molecule has 0 nitrogen and oxygen atoms in total. The van der Waals surface area contributed by atoms with Crippen LogP contribution in [0.4, 0.5) is 0 Å². The van der Waals surface area contributed by atoms with E-state index >= 15 is 0 Å². The quantitative estimate of drug-likeness (QED) is 0.395. The molecule has 0 radical (unpaired) electrons. The third-order valence-corrected chi connectivity index (χ3v) is 3.12. The minimum atomic E-state index is -0.377. The lowest BCUT2D eigenvalue weighted by atomic mass is 10.9. The fourth-order valence-electron chi connectivity index (χ4n) is 0. The van der Waals surface area contributed by atoms with E-state index < -0.39 is 0 Å². The molecule has 0 spiro atoms. The monoisotopic (exact) mass is 162 g/mol. The predicted octanol–water partition coefficient (Wildman–Crippen LogP) is 0.720. The fraction of sp³-hybridized carbons (Fsp3) is 1.00. The summed E-state index contributed by atoms with van der Waals surface area (Å²) in [6, 6.07) is 0. The van der Waals surface area contributed by atoms with E-state index in [9.17, 15) is 0 Å². The smallest absolute Gasteiger partial charge is 0.120 e. The first kappa shape index (κ1) is 7.09. The third-order valence-electron chi connectivity index (χ3n) is 0.347. The van der Waals surface area contributed by atoms with Crippen molar-refractivity contribution in [1.29, 1.82) is 0 Å². The summed E-state index contributed by atoms with van der Waals surface area (Å²) in [5.41, 5.74) is 0. The van der Waals surface area contributed by atoms with E-state index in [0.717, 1.165) is 10.2 Å². The summed E-state index contributed by atoms with van der Waals surface area (Å²) in [6.07, 6.45) is 0. The van der Waals surface area contributed by atoms with Crippen molar-refractivity contribution in [2.75, 3.05) is 0 Å². The van der Waals surface area contributed by atoms with Crippen molar-refractivity contribution in [1.82, 2.24) is 0 Å². The fourth-order valence-corrected chi connectivity index (χ4v) is 0. The second-order valence-electron chi connectivity index (χ2n) is 1.01. The van der Waals surface area contributed by atoms with Crippen molar-refractivity contribution in [2.45, 2.75) is 9.84 Å². The third kappa shape index (κ3) is 3.28. The van der Waals surface area contributed by atoms with Gasteiger partial charge in [-0.1, -0.05) is 0 Å². The zero-order valence-corrected chi connectivity index (χ0v) is 7.56. The first-order valence-corrected chi connectivity index (χ1v) is 4.03. The molecular weight excluding hydrogens is 158 g/mol. The highest BCUT2D eigenvalue weighted by atomic mass is 35.5. The Labute approximate surface area is 55.2 Å². The second kappa shape index (κ2) is 3.14. The minimum Gasteiger partial charge on any atom is -0.125 e. The van der Waals surface area contributed by atoms with E-state index in [1.807, 2.05) is 0 Å². The van der Waals surface area contributed by atoms with Crippen LogP contribution < -0.4 is 0 Å². The highest BCUT2D eigenvalue weighted by molar-refractivity contribution is 6.55. The molecule has 0 rings (SSSR count). The lowest BCUT2D eigenvalue weighted by molar-refractivity contribution is 1.29. The van der Waals surface area contributed by atoms with Crippen molar-refractivity contribution < 1.29 is 0 Å². The molecule has 0 amide bonds. The molecule has 4 heteroatoms. The Kier molecular flexibility index (Phi) is 3.70. The standard InChI is InChI=1S/C2H5Cl3Si/c3-1(4)2(5)6/h1-2H,6H3. The summed E-state index contributed by atoms with van der Waals surface area (Å²) in [5, 5.41) is -0.00617. The molecule has 0 aromatic heterocycles. The normalized spacial score (nSPS) is 16.0. The van der Waals surface area contributed by atoms with E-state index in [4.69, 9.17) is 34.8 Å². The van der Waals surface area contributed by atoms with Crippen LogP contribution in [0.25, 0.3) is 0 Å². The molecule has 0 bridgehead atoms.